The maximum atomic E-state index is 12.9. The van der Waals surface area contributed by atoms with Crippen molar-refractivity contribution in [2.45, 2.75) is 19.7 Å². The van der Waals surface area contributed by atoms with Crippen LogP contribution in [0.2, 0.25) is 10.0 Å². The molecule has 0 saturated heterocycles. The lowest BCUT2D eigenvalue weighted by atomic mass is 10.1. The first-order valence-electron chi connectivity index (χ1n) is 10.2. The van der Waals surface area contributed by atoms with Crippen molar-refractivity contribution in [1.82, 2.24) is 0 Å². The zero-order valence-corrected chi connectivity index (χ0v) is 21.5. The Morgan fingerprint density at radius 1 is 1.08 bits per heavy atom. The molecule has 0 aliphatic heterocycles. The highest BCUT2D eigenvalue weighted by atomic mass is 79.9. The Balaban J connectivity index is 1.80. The molecule has 3 aromatic rings. The van der Waals surface area contributed by atoms with E-state index in [0.717, 1.165) is 17.7 Å². The van der Waals surface area contributed by atoms with Crippen LogP contribution in [0.25, 0.3) is 0 Å². The maximum absolute atomic E-state index is 12.9. The number of hydrogen-bond acceptors (Lipinski definition) is 6. The van der Waals surface area contributed by atoms with E-state index in [1.807, 2.05) is 0 Å². The minimum absolute atomic E-state index is 0.190. The normalized spacial score (nSPS) is 11.5. The van der Waals surface area contributed by atoms with Gasteiger partial charge in [-0.15, -0.1) is 0 Å². The third kappa shape index (κ3) is 7.02. The van der Waals surface area contributed by atoms with Crippen LogP contribution in [0.3, 0.4) is 0 Å². The van der Waals surface area contributed by atoms with E-state index >= 15 is 0 Å². The smallest absolute Gasteiger partial charge is 0.416 e. The average molecular weight is 607 g/mol. The van der Waals surface area contributed by atoms with Crippen LogP contribution < -0.4 is 14.9 Å². The third-order valence-electron chi connectivity index (χ3n) is 4.65. The van der Waals surface area contributed by atoms with Crippen LogP contribution in [0.1, 0.15) is 23.6 Å². The molecule has 0 aliphatic rings. The number of anilines is 1. The summed E-state index contributed by atoms with van der Waals surface area (Å²) in [4.78, 5) is 10.3. The number of alkyl halides is 3. The summed E-state index contributed by atoms with van der Waals surface area (Å²) in [6, 6.07) is 10.5. The second kappa shape index (κ2) is 11.8. The number of nitrogens with one attached hydrogen (secondary N) is 1. The Hall–Kier alpha value is -3.02. The minimum Gasteiger partial charge on any atom is -0.490 e. The Morgan fingerprint density at radius 2 is 1.81 bits per heavy atom. The van der Waals surface area contributed by atoms with Gasteiger partial charge in [0.1, 0.15) is 12.3 Å². The highest BCUT2D eigenvalue weighted by Gasteiger charge is 2.33. The van der Waals surface area contributed by atoms with Gasteiger partial charge < -0.3 is 9.47 Å². The molecule has 0 unspecified atom stereocenters. The highest BCUT2D eigenvalue weighted by Crippen LogP contribution is 2.36. The lowest BCUT2D eigenvalue weighted by Gasteiger charge is -2.14. The van der Waals surface area contributed by atoms with E-state index in [1.165, 1.54) is 6.21 Å². The lowest BCUT2D eigenvalue weighted by molar-refractivity contribution is -0.384. The summed E-state index contributed by atoms with van der Waals surface area (Å²) in [6.07, 6.45) is -3.38. The first-order valence-corrected chi connectivity index (χ1v) is 11.7. The molecule has 0 radical (unpaired) electrons. The number of nitro benzene ring substituents is 1. The van der Waals surface area contributed by atoms with Crippen molar-refractivity contribution in [3.8, 4) is 11.5 Å². The van der Waals surface area contributed by atoms with Gasteiger partial charge in [0.15, 0.2) is 11.5 Å². The molecule has 7 nitrogen and oxygen atoms in total. The fourth-order valence-electron chi connectivity index (χ4n) is 2.95. The summed E-state index contributed by atoms with van der Waals surface area (Å²) >= 11 is 15.4. The fourth-order valence-corrected chi connectivity index (χ4v) is 3.69. The van der Waals surface area contributed by atoms with E-state index in [-0.39, 0.29) is 12.3 Å². The van der Waals surface area contributed by atoms with Gasteiger partial charge in [-0.05, 0) is 64.8 Å². The van der Waals surface area contributed by atoms with E-state index < -0.39 is 22.4 Å². The molecule has 0 amide bonds. The second-order valence-corrected chi connectivity index (χ2v) is 8.82. The molecular weight excluding hydrogens is 590 g/mol. The topological polar surface area (TPSA) is 86.0 Å². The number of rotatable bonds is 9. The monoisotopic (exact) mass is 605 g/mol. The zero-order valence-electron chi connectivity index (χ0n) is 18.4. The number of hydrazone groups is 1. The van der Waals surface area contributed by atoms with Crippen LogP contribution in [0.4, 0.5) is 24.5 Å². The minimum atomic E-state index is -4.71. The summed E-state index contributed by atoms with van der Waals surface area (Å²) < 4.78 is 50.8. The molecule has 0 aromatic heterocycles. The van der Waals surface area contributed by atoms with Gasteiger partial charge >= 0.3 is 6.18 Å². The lowest BCUT2D eigenvalue weighted by Crippen LogP contribution is -2.06. The fraction of sp³-hybridized carbons (Fsp3) is 0.174. The number of halogens is 6. The number of hydrogen-bond donors (Lipinski definition) is 1. The van der Waals surface area contributed by atoms with Gasteiger partial charge in [-0.3, -0.25) is 15.5 Å². The number of ether oxygens (including phenoxy) is 2. The molecule has 36 heavy (non-hydrogen) atoms. The van der Waals surface area contributed by atoms with Crippen molar-refractivity contribution < 1.29 is 27.6 Å². The van der Waals surface area contributed by atoms with E-state index in [9.17, 15) is 23.3 Å². The Labute approximate surface area is 222 Å². The third-order valence-corrected chi connectivity index (χ3v) is 6.08. The van der Waals surface area contributed by atoms with Crippen molar-refractivity contribution >= 4 is 56.7 Å². The van der Waals surface area contributed by atoms with Crippen molar-refractivity contribution in [3.63, 3.8) is 0 Å². The maximum Gasteiger partial charge on any atom is 0.416 e. The first kappa shape index (κ1) is 27.6. The molecule has 0 bridgehead atoms. The second-order valence-electron chi connectivity index (χ2n) is 7.15. The number of benzene rings is 3. The van der Waals surface area contributed by atoms with Gasteiger partial charge in [0, 0.05) is 16.1 Å². The number of nitro groups is 1. The van der Waals surface area contributed by atoms with Crippen molar-refractivity contribution in [3.05, 3.63) is 89.9 Å². The summed E-state index contributed by atoms with van der Waals surface area (Å²) in [6.45, 7) is 2.33. The van der Waals surface area contributed by atoms with Crippen LogP contribution >= 0.6 is 39.1 Å². The summed E-state index contributed by atoms with van der Waals surface area (Å²) in [5, 5.41) is 16.0. The van der Waals surface area contributed by atoms with Crippen LogP contribution in [-0.2, 0) is 12.8 Å². The highest BCUT2D eigenvalue weighted by molar-refractivity contribution is 9.10. The number of nitrogens with zero attached hydrogens (tertiary/aromatic N) is 2. The molecule has 1 N–H and O–H groups in total. The Kier molecular flexibility index (Phi) is 9.04. The molecule has 3 aromatic carbocycles. The standard InChI is InChI=1S/C23H17BrCl2F3N3O4/c1-2-35-21-8-14(16(24)10-22(21)36-12-13-3-5-17(25)18(26)7-13)11-30-31-19-6-4-15(23(27,28)29)9-20(19)32(33)34/h3-11,31H,2,12H2,1H3/b30-11-. The van der Waals surface area contributed by atoms with Gasteiger partial charge in [-0.2, -0.15) is 18.3 Å². The van der Waals surface area contributed by atoms with Gasteiger partial charge in [0.2, 0.25) is 0 Å². The molecule has 13 heteroatoms. The van der Waals surface area contributed by atoms with Gasteiger partial charge in [0.05, 0.1) is 33.4 Å². The van der Waals surface area contributed by atoms with E-state index in [1.54, 1.807) is 37.3 Å². The quantitative estimate of drug-likeness (QED) is 0.151. The Morgan fingerprint density at radius 3 is 2.44 bits per heavy atom. The summed E-state index contributed by atoms with van der Waals surface area (Å²) in [7, 11) is 0. The molecule has 0 saturated carbocycles. The van der Waals surface area contributed by atoms with E-state index in [0.29, 0.717) is 44.3 Å². The molecule has 0 aliphatic carbocycles. The van der Waals surface area contributed by atoms with Crippen LogP contribution in [0, 0.1) is 10.1 Å². The predicted molar refractivity (Wildman–Crippen MR) is 135 cm³/mol. The predicted octanol–water partition coefficient (Wildman–Crippen LogP) is 8.11. The Bertz CT molecular complexity index is 1310. The van der Waals surface area contributed by atoms with Crippen molar-refractivity contribution in [1.29, 1.82) is 0 Å². The first-order chi connectivity index (χ1) is 17.0. The van der Waals surface area contributed by atoms with Gasteiger partial charge in [-0.1, -0.05) is 29.3 Å². The summed E-state index contributed by atoms with van der Waals surface area (Å²) in [5.41, 5.74) is 1.62. The molecule has 0 fully saturated rings. The molecule has 0 atom stereocenters. The molecular formula is C23H17BrCl2F3N3O4. The van der Waals surface area contributed by atoms with Crippen molar-refractivity contribution in [2.24, 2.45) is 5.10 Å². The molecule has 0 spiro atoms. The van der Waals surface area contributed by atoms with Gasteiger partial charge in [0.25, 0.3) is 5.69 Å². The SMILES string of the molecule is CCOc1cc(/C=N\Nc2ccc(C(F)(F)F)cc2[N+](=O)[O-])c(Br)cc1OCc1ccc(Cl)c(Cl)c1. The van der Waals surface area contributed by atoms with Crippen molar-refractivity contribution in [2.75, 3.05) is 12.0 Å². The molecule has 190 valence electrons. The zero-order chi connectivity index (χ0) is 26.5. The molecule has 0 heterocycles. The van der Waals surface area contributed by atoms with E-state index in [4.69, 9.17) is 32.7 Å². The van der Waals surface area contributed by atoms with Crippen LogP contribution in [-0.4, -0.2) is 17.7 Å². The van der Waals surface area contributed by atoms with Crippen LogP contribution in [0.5, 0.6) is 11.5 Å². The average Bonchev–Trinajstić information content (AvgIpc) is 2.81. The molecule has 3 rings (SSSR count). The largest absolute Gasteiger partial charge is 0.490 e. The van der Waals surface area contributed by atoms with Crippen LogP contribution in [0.15, 0.2) is 58.1 Å². The van der Waals surface area contributed by atoms with Gasteiger partial charge in [-0.25, -0.2) is 0 Å². The van der Waals surface area contributed by atoms with E-state index in [2.05, 4.69) is 26.5 Å². The summed E-state index contributed by atoms with van der Waals surface area (Å²) in [5.74, 6) is 0.834.